The van der Waals surface area contributed by atoms with Gasteiger partial charge in [0.1, 0.15) is 5.84 Å². The molecule has 2 amide bonds. The molecule has 2 N–H and O–H groups in total. The van der Waals surface area contributed by atoms with Gasteiger partial charge in [-0.25, -0.2) is 14.5 Å². The van der Waals surface area contributed by atoms with Gasteiger partial charge in [0.25, 0.3) is 0 Å². The molecular formula is C24H27N7O2. The van der Waals surface area contributed by atoms with E-state index in [9.17, 15) is 4.79 Å². The van der Waals surface area contributed by atoms with E-state index in [4.69, 9.17) is 9.84 Å². The molecule has 0 aromatic carbocycles. The van der Waals surface area contributed by atoms with Gasteiger partial charge in [-0.15, -0.1) is 0 Å². The van der Waals surface area contributed by atoms with Gasteiger partial charge >= 0.3 is 6.03 Å². The lowest BCUT2D eigenvalue weighted by atomic mass is 10.1. The topological polar surface area (TPSA) is 96.7 Å². The minimum absolute atomic E-state index is 0.225. The maximum Gasteiger partial charge on any atom is 0.320 e. The first kappa shape index (κ1) is 21.0. The Bertz CT molecular complexity index is 1130. The van der Waals surface area contributed by atoms with E-state index >= 15 is 0 Å². The maximum atomic E-state index is 11.7. The zero-order chi connectivity index (χ0) is 22.5. The summed E-state index contributed by atoms with van der Waals surface area (Å²) in [5.74, 6) is 1.97. The lowest BCUT2D eigenvalue weighted by Gasteiger charge is -2.24. The van der Waals surface area contributed by atoms with E-state index in [1.165, 1.54) is 5.56 Å². The molecule has 1 saturated heterocycles. The number of ether oxygens (including phenoxy) is 1. The Morgan fingerprint density at radius 3 is 3.09 bits per heavy atom. The first-order valence-electron chi connectivity index (χ1n) is 11.3. The molecule has 2 aromatic rings. The SMILES string of the molecule is O=C1NCCC2=CCC=C(OCC/C=C/N3CCc4nn(-c5ccccn5)cc4C3)N=C2N1. The second-order valence-electron chi connectivity index (χ2n) is 8.07. The first-order valence-corrected chi connectivity index (χ1v) is 11.3. The van der Waals surface area contributed by atoms with E-state index in [-0.39, 0.29) is 6.03 Å². The molecule has 9 heteroatoms. The van der Waals surface area contributed by atoms with Crippen LogP contribution in [0.4, 0.5) is 4.79 Å². The Kier molecular flexibility index (Phi) is 6.19. The average molecular weight is 446 g/mol. The summed E-state index contributed by atoms with van der Waals surface area (Å²) >= 11 is 0. The molecule has 3 aliphatic heterocycles. The molecule has 0 radical (unpaired) electrons. The predicted octanol–water partition coefficient (Wildman–Crippen LogP) is 2.82. The normalized spacial score (nSPS) is 18.1. The van der Waals surface area contributed by atoms with Gasteiger partial charge in [-0.2, -0.15) is 10.1 Å². The van der Waals surface area contributed by atoms with Crippen LogP contribution >= 0.6 is 0 Å². The molecule has 0 unspecified atom stereocenters. The molecule has 170 valence electrons. The number of nitrogens with zero attached hydrogens (tertiary/aromatic N) is 5. The van der Waals surface area contributed by atoms with Crippen LogP contribution in [0.5, 0.6) is 0 Å². The average Bonchev–Trinajstić information content (AvgIpc) is 3.06. The molecular weight excluding hydrogens is 418 g/mol. The monoisotopic (exact) mass is 445 g/mol. The van der Waals surface area contributed by atoms with Crippen LogP contribution in [-0.4, -0.2) is 51.2 Å². The van der Waals surface area contributed by atoms with Crippen LogP contribution in [0.1, 0.15) is 30.5 Å². The van der Waals surface area contributed by atoms with E-state index in [1.54, 1.807) is 6.20 Å². The van der Waals surface area contributed by atoms with Crippen molar-refractivity contribution in [3.63, 3.8) is 0 Å². The molecule has 0 saturated carbocycles. The molecule has 2 aromatic heterocycles. The van der Waals surface area contributed by atoms with E-state index in [1.807, 2.05) is 29.0 Å². The van der Waals surface area contributed by atoms with E-state index < -0.39 is 0 Å². The zero-order valence-corrected chi connectivity index (χ0v) is 18.4. The molecule has 33 heavy (non-hydrogen) atoms. The van der Waals surface area contributed by atoms with Crippen molar-refractivity contribution in [3.8, 4) is 5.82 Å². The van der Waals surface area contributed by atoms with Gasteiger partial charge < -0.3 is 15.0 Å². The molecule has 5 rings (SSSR count). The number of amidine groups is 1. The fourth-order valence-electron chi connectivity index (χ4n) is 4.03. The van der Waals surface area contributed by atoms with Crippen molar-refractivity contribution < 1.29 is 9.53 Å². The van der Waals surface area contributed by atoms with Crippen LogP contribution < -0.4 is 10.6 Å². The Morgan fingerprint density at radius 1 is 1.21 bits per heavy atom. The highest BCUT2D eigenvalue weighted by molar-refractivity contribution is 6.08. The van der Waals surface area contributed by atoms with Crippen LogP contribution in [-0.2, 0) is 17.7 Å². The van der Waals surface area contributed by atoms with Crippen LogP contribution in [0.25, 0.3) is 5.82 Å². The first-order chi connectivity index (χ1) is 16.2. The van der Waals surface area contributed by atoms with Crippen LogP contribution in [0.15, 0.2) is 71.5 Å². The van der Waals surface area contributed by atoms with Crippen molar-refractivity contribution in [1.29, 1.82) is 0 Å². The maximum absolute atomic E-state index is 11.7. The van der Waals surface area contributed by atoms with Gasteiger partial charge in [0, 0.05) is 50.4 Å². The van der Waals surface area contributed by atoms with Gasteiger partial charge in [-0.3, -0.25) is 5.32 Å². The summed E-state index contributed by atoms with van der Waals surface area (Å²) in [4.78, 5) is 22.9. The second kappa shape index (κ2) is 9.72. The Balaban J connectivity index is 1.12. The highest BCUT2D eigenvalue weighted by atomic mass is 16.5. The van der Waals surface area contributed by atoms with E-state index in [0.717, 1.165) is 55.9 Å². The standard InChI is InChI=1S/C24H27N7O2/c32-24-26-12-9-18-6-5-8-22(27-23(18)28-24)33-15-4-3-13-30-14-10-20-19(16-30)17-31(29-20)21-7-1-2-11-25-21/h1-3,6-8,11,13,17H,4-5,9-10,12,14-16H2,(H2,26,27,28,32)/b13-3+. The number of carbonyl (C=O) groups excluding carboxylic acids is 1. The summed E-state index contributed by atoms with van der Waals surface area (Å²) in [7, 11) is 0. The van der Waals surface area contributed by atoms with E-state index in [0.29, 0.717) is 24.9 Å². The minimum Gasteiger partial charge on any atom is -0.477 e. The van der Waals surface area contributed by atoms with Crippen molar-refractivity contribution in [2.24, 2.45) is 4.99 Å². The van der Waals surface area contributed by atoms with Gasteiger partial charge in [-0.1, -0.05) is 18.2 Å². The number of hydrogen-bond donors (Lipinski definition) is 2. The highest BCUT2D eigenvalue weighted by Crippen LogP contribution is 2.20. The quantitative estimate of drug-likeness (QED) is 0.667. The fraction of sp³-hybridized carbons (Fsp3) is 0.333. The van der Waals surface area contributed by atoms with Crippen LogP contribution in [0.3, 0.4) is 0 Å². The second-order valence-corrected chi connectivity index (χ2v) is 8.07. The third-order valence-corrected chi connectivity index (χ3v) is 5.72. The number of rotatable bonds is 6. The van der Waals surface area contributed by atoms with Crippen LogP contribution in [0, 0.1) is 0 Å². The van der Waals surface area contributed by atoms with Crippen molar-refractivity contribution in [2.75, 3.05) is 19.7 Å². The van der Waals surface area contributed by atoms with Crippen molar-refractivity contribution in [3.05, 3.63) is 77.7 Å². The third kappa shape index (κ3) is 5.14. The van der Waals surface area contributed by atoms with Crippen LogP contribution in [0.2, 0.25) is 0 Å². The Labute approximate surface area is 192 Å². The molecule has 5 heterocycles. The number of allylic oxidation sites excluding steroid dienone is 2. The number of pyridine rings is 1. The molecule has 0 spiro atoms. The third-order valence-electron chi connectivity index (χ3n) is 5.72. The molecule has 1 fully saturated rings. The number of hydrogen-bond acceptors (Lipinski definition) is 6. The Hall–Kier alpha value is -3.88. The van der Waals surface area contributed by atoms with Gasteiger partial charge in [0.15, 0.2) is 5.82 Å². The molecule has 0 atom stereocenters. The van der Waals surface area contributed by atoms with E-state index in [2.05, 4.69) is 50.1 Å². The van der Waals surface area contributed by atoms with Crippen molar-refractivity contribution >= 4 is 11.9 Å². The van der Waals surface area contributed by atoms with Crippen molar-refractivity contribution in [1.82, 2.24) is 30.3 Å². The number of aromatic nitrogens is 3. The number of nitrogens with one attached hydrogen (secondary N) is 2. The summed E-state index contributed by atoms with van der Waals surface area (Å²) in [6.07, 6.45) is 15.3. The number of aliphatic imine (C=N–C) groups is 1. The predicted molar refractivity (Wildman–Crippen MR) is 125 cm³/mol. The van der Waals surface area contributed by atoms with Gasteiger partial charge in [-0.05, 0) is 42.8 Å². The summed E-state index contributed by atoms with van der Waals surface area (Å²) in [6, 6.07) is 5.61. The Morgan fingerprint density at radius 2 is 2.18 bits per heavy atom. The largest absolute Gasteiger partial charge is 0.477 e. The molecule has 3 aliphatic rings. The smallest absolute Gasteiger partial charge is 0.320 e. The van der Waals surface area contributed by atoms with Gasteiger partial charge in [0.05, 0.1) is 12.3 Å². The number of amides is 2. The minimum atomic E-state index is -0.225. The highest BCUT2D eigenvalue weighted by Gasteiger charge is 2.19. The van der Waals surface area contributed by atoms with Crippen molar-refractivity contribution in [2.45, 2.75) is 32.2 Å². The van der Waals surface area contributed by atoms with Gasteiger partial charge in [0.2, 0.25) is 5.88 Å². The molecule has 0 bridgehead atoms. The molecule has 0 aliphatic carbocycles. The summed E-state index contributed by atoms with van der Waals surface area (Å²) < 4.78 is 7.73. The fourth-order valence-corrected chi connectivity index (χ4v) is 4.03. The number of carbonyl (C=O) groups is 1. The molecule has 9 nitrogen and oxygen atoms in total. The summed E-state index contributed by atoms with van der Waals surface area (Å²) in [5, 5.41) is 10.3. The number of fused-ring (bicyclic) bond motifs is 2. The summed E-state index contributed by atoms with van der Waals surface area (Å²) in [6.45, 7) is 2.90. The zero-order valence-electron chi connectivity index (χ0n) is 18.4. The summed E-state index contributed by atoms with van der Waals surface area (Å²) in [5.41, 5.74) is 3.41. The number of urea groups is 1. The lowest BCUT2D eigenvalue weighted by Crippen LogP contribution is -2.36. The lowest BCUT2D eigenvalue weighted by molar-refractivity contribution is 0.214.